The zero-order valence-electron chi connectivity index (χ0n) is 10.8. The molecule has 0 N–H and O–H groups in total. The van der Waals surface area contributed by atoms with Gasteiger partial charge < -0.3 is 14.4 Å². The van der Waals surface area contributed by atoms with E-state index in [1.165, 1.54) is 0 Å². The van der Waals surface area contributed by atoms with Crippen LogP contribution in [0.4, 0.5) is 5.95 Å². The summed E-state index contributed by atoms with van der Waals surface area (Å²) in [5.74, 6) is 1.74. The Morgan fingerprint density at radius 2 is 1.85 bits per heavy atom. The number of benzene rings is 1. The molecule has 2 heterocycles. The lowest BCUT2D eigenvalue weighted by Crippen LogP contribution is -2.37. The molecule has 20 heavy (non-hydrogen) atoms. The van der Waals surface area contributed by atoms with Crippen molar-refractivity contribution in [3.8, 4) is 11.6 Å². The van der Waals surface area contributed by atoms with Gasteiger partial charge in [-0.1, -0.05) is 29.8 Å². The SMILES string of the molecule is Clc1cc(Oc2ccccc2)nc(N2CCOCC2)n1. The van der Waals surface area contributed by atoms with Crippen LogP contribution in [0, 0.1) is 0 Å². The summed E-state index contributed by atoms with van der Waals surface area (Å²) in [6.07, 6.45) is 0. The maximum atomic E-state index is 6.05. The number of para-hydroxylation sites is 1. The second-order valence-corrected chi connectivity index (χ2v) is 4.73. The Kier molecular flexibility index (Phi) is 3.99. The van der Waals surface area contributed by atoms with E-state index in [9.17, 15) is 0 Å². The van der Waals surface area contributed by atoms with Crippen LogP contribution < -0.4 is 9.64 Å². The molecule has 0 aliphatic carbocycles. The molecule has 3 rings (SSSR count). The number of halogens is 1. The number of morpholine rings is 1. The molecule has 1 fully saturated rings. The first kappa shape index (κ1) is 13.1. The van der Waals surface area contributed by atoms with Crippen LogP contribution in [0.2, 0.25) is 5.15 Å². The Morgan fingerprint density at radius 1 is 1.10 bits per heavy atom. The monoisotopic (exact) mass is 291 g/mol. The summed E-state index contributed by atoms with van der Waals surface area (Å²) in [5.41, 5.74) is 0. The number of hydrogen-bond donors (Lipinski definition) is 0. The Balaban J connectivity index is 1.82. The second kappa shape index (κ2) is 6.07. The third-order valence-electron chi connectivity index (χ3n) is 2.92. The molecule has 0 spiro atoms. The lowest BCUT2D eigenvalue weighted by Gasteiger charge is -2.26. The van der Waals surface area contributed by atoms with Crippen molar-refractivity contribution in [3.63, 3.8) is 0 Å². The largest absolute Gasteiger partial charge is 0.439 e. The highest BCUT2D eigenvalue weighted by Gasteiger charge is 2.16. The molecule has 0 bridgehead atoms. The summed E-state index contributed by atoms with van der Waals surface area (Å²) in [6, 6.07) is 11.1. The van der Waals surface area contributed by atoms with E-state index in [1.54, 1.807) is 6.07 Å². The quantitative estimate of drug-likeness (QED) is 0.814. The number of aromatic nitrogens is 2. The molecule has 1 aliphatic rings. The molecule has 0 atom stereocenters. The van der Waals surface area contributed by atoms with Gasteiger partial charge >= 0.3 is 0 Å². The number of nitrogens with zero attached hydrogens (tertiary/aromatic N) is 3. The molecular weight excluding hydrogens is 278 g/mol. The minimum atomic E-state index is 0.368. The lowest BCUT2D eigenvalue weighted by atomic mass is 10.3. The standard InChI is InChI=1S/C14H14ClN3O2/c15-12-10-13(20-11-4-2-1-3-5-11)17-14(16-12)18-6-8-19-9-7-18/h1-5,10H,6-9H2. The maximum absolute atomic E-state index is 6.05. The topological polar surface area (TPSA) is 47.5 Å². The van der Waals surface area contributed by atoms with Crippen LogP contribution >= 0.6 is 11.6 Å². The van der Waals surface area contributed by atoms with Crippen molar-refractivity contribution >= 4 is 17.5 Å². The van der Waals surface area contributed by atoms with Gasteiger partial charge in [0.05, 0.1) is 13.2 Å². The lowest BCUT2D eigenvalue weighted by molar-refractivity contribution is 0.122. The highest BCUT2D eigenvalue weighted by Crippen LogP contribution is 2.24. The molecule has 5 nitrogen and oxygen atoms in total. The summed E-state index contributed by atoms with van der Waals surface area (Å²) >= 11 is 6.05. The molecule has 104 valence electrons. The number of hydrogen-bond acceptors (Lipinski definition) is 5. The fraction of sp³-hybridized carbons (Fsp3) is 0.286. The summed E-state index contributed by atoms with van der Waals surface area (Å²) in [5, 5.41) is 0.368. The molecule has 0 amide bonds. The molecule has 1 aromatic carbocycles. The van der Waals surface area contributed by atoms with Gasteiger partial charge in [-0.3, -0.25) is 0 Å². The van der Waals surface area contributed by atoms with Crippen molar-refractivity contribution in [1.82, 2.24) is 9.97 Å². The third-order valence-corrected chi connectivity index (χ3v) is 3.11. The highest BCUT2D eigenvalue weighted by molar-refractivity contribution is 6.29. The van der Waals surface area contributed by atoms with E-state index in [0.29, 0.717) is 30.2 Å². The van der Waals surface area contributed by atoms with Gasteiger partial charge in [0.15, 0.2) is 0 Å². The zero-order chi connectivity index (χ0) is 13.8. The van der Waals surface area contributed by atoms with Crippen LogP contribution in [-0.2, 0) is 4.74 Å². The van der Waals surface area contributed by atoms with E-state index in [4.69, 9.17) is 21.1 Å². The molecule has 1 saturated heterocycles. The average molecular weight is 292 g/mol. The van der Waals surface area contributed by atoms with Crippen LogP contribution in [0.3, 0.4) is 0 Å². The number of rotatable bonds is 3. The fourth-order valence-electron chi connectivity index (χ4n) is 1.95. The molecule has 1 aliphatic heterocycles. The van der Waals surface area contributed by atoms with Gasteiger partial charge in [0, 0.05) is 19.2 Å². The molecular formula is C14H14ClN3O2. The number of ether oxygens (including phenoxy) is 2. The van der Waals surface area contributed by atoms with E-state index in [1.807, 2.05) is 35.2 Å². The predicted molar refractivity (Wildman–Crippen MR) is 76.6 cm³/mol. The van der Waals surface area contributed by atoms with Crippen LogP contribution in [0.15, 0.2) is 36.4 Å². The maximum Gasteiger partial charge on any atom is 0.230 e. The van der Waals surface area contributed by atoms with Crippen molar-refractivity contribution in [1.29, 1.82) is 0 Å². The molecule has 1 aromatic heterocycles. The Labute approximate surface area is 122 Å². The van der Waals surface area contributed by atoms with Crippen LogP contribution in [0.25, 0.3) is 0 Å². The van der Waals surface area contributed by atoms with E-state index in [0.717, 1.165) is 18.8 Å². The van der Waals surface area contributed by atoms with Crippen LogP contribution in [-0.4, -0.2) is 36.3 Å². The zero-order valence-corrected chi connectivity index (χ0v) is 11.6. The highest BCUT2D eigenvalue weighted by atomic mass is 35.5. The van der Waals surface area contributed by atoms with Gasteiger partial charge in [0.2, 0.25) is 11.8 Å². The first-order valence-corrected chi connectivity index (χ1v) is 6.79. The fourth-order valence-corrected chi connectivity index (χ4v) is 2.12. The van der Waals surface area contributed by atoms with Gasteiger partial charge in [0.25, 0.3) is 0 Å². The molecule has 2 aromatic rings. The first-order chi connectivity index (χ1) is 9.81. The van der Waals surface area contributed by atoms with Gasteiger partial charge in [0.1, 0.15) is 10.9 Å². The van der Waals surface area contributed by atoms with Crippen LogP contribution in [0.1, 0.15) is 0 Å². The van der Waals surface area contributed by atoms with Crippen molar-refractivity contribution in [2.24, 2.45) is 0 Å². The predicted octanol–water partition coefficient (Wildman–Crippen LogP) is 2.76. The first-order valence-electron chi connectivity index (χ1n) is 6.41. The summed E-state index contributed by atoms with van der Waals surface area (Å²) < 4.78 is 11.0. The van der Waals surface area contributed by atoms with Crippen molar-refractivity contribution in [2.45, 2.75) is 0 Å². The third kappa shape index (κ3) is 3.18. The van der Waals surface area contributed by atoms with Gasteiger partial charge in [-0.25, -0.2) is 4.98 Å². The molecule has 6 heteroatoms. The Morgan fingerprint density at radius 3 is 2.60 bits per heavy atom. The Hall–Kier alpha value is -1.85. The van der Waals surface area contributed by atoms with Crippen molar-refractivity contribution in [2.75, 3.05) is 31.2 Å². The van der Waals surface area contributed by atoms with Crippen LogP contribution in [0.5, 0.6) is 11.6 Å². The minimum absolute atomic E-state index is 0.368. The summed E-state index contributed by atoms with van der Waals surface area (Å²) in [6.45, 7) is 2.85. The number of anilines is 1. The van der Waals surface area contributed by atoms with E-state index >= 15 is 0 Å². The van der Waals surface area contributed by atoms with Gasteiger partial charge in [-0.2, -0.15) is 4.98 Å². The van der Waals surface area contributed by atoms with E-state index < -0.39 is 0 Å². The van der Waals surface area contributed by atoms with E-state index in [2.05, 4.69) is 9.97 Å². The average Bonchev–Trinajstić information content (AvgIpc) is 2.49. The van der Waals surface area contributed by atoms with Crippen molar-refractivity contribution < 1.29 is 9.47 Å². The minimum Gasteiger partial charge on any atom is -0.439 e. The normalized spacial score (nSPS) is 15.2. The van der Waals surface area contributed by atoms with E-state index in [-0.39, 0.29) is 0 Å². The van der Waals surface area contributed by atoms with Crippen molar-refractivity contribution in [3.05, 3.63) is 41.6 Å². The summed E-state index contributed by atoms with van der Waals surface area (Å²) in [7, 11) is 0. The van der Waals surface area contributed by atoms with Gasteiger partial charge in [-0.05, 0) is 12.1 Å². The van der Waals surface area contributed by atoms with Gasteiger partial charge in [-0.15, -0.1) is 0 Å². The Bertz CT molecular complexity index is 574. The molecule has 0 radical (unpaired) electrons. The second-order valence-electron chi connectivity index (χ2n) is 4.34. The smallest absolute Gasteiger partial charge is 0.230 e. The molecule has 0 saturated carbocycles. The summed E-state index contributed by atoms with van der Waals surface area (Å²) in [4.78, 5) is 10.7. The molecule has 0 unspecified atom stereocenters.